The van der Waals surface area contributed by atoms with Gasteiger partial charge in [-0.3, -0.25) is 0 Å². The van der Waals surface area contributed by atoms with Crippen LogP contribution in [0.5, 0.6) is 11.5 Å². The largest absolute Gasteiger partial charge is 0.497 e. The van der Waals surface area contributed by atoms with E-state index < -0.39 is 5.82 Å². The van der Waals surface area contributed by atoms with Crippen molar-refractivity contribution in [2.45, 2.75) is 0 Å². The molecule has 0 saturated heterocycles. The molecule has 0 aliphatic carbocycles. The number of rotatable bonds is 3. The van der Waals surface area contributed by atoms with Gasteiger partial charge in [0.25, 0.3) is 0 Å². The van der Waals surface area contributed by atoms with Gasteiger partial charge in [0.15, 0.2) is 0 Å². The van der Waals surface area contributed by atoms with Crippen LogP contribution in [-0.2, 0) is 0 Å². The second-order valence-corrected chi connectivity index (χ2v) is 4.36. The maximum Gasteiger partial charge on any atom is 0.125 e. The van der Waals surface area contributed by atoms with Gasteiger partial charge in [0, 0.05) is 11.6 Å². The van der Waals surface area contributed by atoms with E-state index in [1.807, 2.05) is 0 Å². The average Bonchev–Trinajstić information content (AvgIpc) is 2.42. The lowest BCUT2D eigenvalue weighted by atomic mass is 10.0. The molecule has 2 rings (SSSR count). The van der Waals surface area contributed by atoms with Crippen molar-refractivity contribution in [3.8, 4) is 22.6 Å². The van der Waals surface area contributed by atoms with Crippen LogP contribution in [0, 0.1) is 5.82 Å². The molecule has 2 aromatic carbocycles. The summed E-state index contributed by atoms with van der Waals surface area (Å²) in [5, 5.41) is 0.178. The van der Waals surface area contributed by atoms with Crippen molar-refractivity contribution >= 4 is 17.3 Å². The van der Waals surface area contributed by atoms with Crippen LogP contribution in [0.25, 0.3) is 11.1 Å². The van der Waals surface area contributed by atoms with Gasteiger partial charge in [-0.15, -0.1) is 0 Å². The molecule has 0 radical (unpaired) electrons. The van der Waals surface area contributed by atoms with Gasteiger partial charge in [0.1, 0.15) is 17.3 Å². The van der Waals surface area contributed by atoms with E-state index in [0.717, 1.165) is 0 Å². The molecule has 3 nitrogen and oxygen atoms in total. The molecule has 0 aliphatic rings. The Morgan fingerprint density at radius 1 is 1.00 bits per heavy atom. The molecule has 5 heteroatoms. The van der Waals surface area contributed by atoms with Gasteiger partial charge in [-0.05, 0) is 29.8 Å². The first-order valence-corrected chi connectivity index (χ1v) is 5.91. The molecule has 0 aromatic heterocycles. The molecule has 0 saturated carbocycles. The zero-order chi connectivity index (χ0) is 14.0. The highest BCUT2D eigenvalue weighted by Gasteiger charge is 2.11. The summed E-state index contributed by atoms with van der Waals surface area (Å²) in [6.07, 6.45) is 0. The molecule has 0 heterocycles. The topological polar surface area (TPSA) is 44.5 Å². The Hall–Kier alpha value is -1.94. The summed E-state index contributed by atoms with van der Waals surface area (Å²) >= 11 is 5.89. The van der Waals surface area contributed by atoms with Crippen molar-refractivity contribution in [3.05, 3.63) is 41.2 Å². The van der Waals surface area contributed by atoms with Crippen molar-refractivity contribution in [1.29, 1.82) is 0 Å². The third-order valence-electron chi connectivity index (χ3n) is 2.76. The second-order valence-electron chi connectivity index (χ2n) is 3.95. The number of ether oxygens (including phenoxy) is 2. The van der Waals surface area contributed by atoms with E-state index in [0.29, 0.717) is 28.3 Å². The van der Waals surface area contributed by atoms with Crippen LogP contribution in [-0.4, -0.2) is 14.2 Å². The van der Waals surface area contributed by atoms with Crippen LogP contribution in [0.2, 0.25) is 5.02 Å². The summed E-state index contributed by atoms with van der Waals surface area (Å²) in [6, 6.07) is 7.71. The van der Waals surface area contributed by atoms with Crippen molar-refractivity contribution in [2.24, 2.45) is 0 Å². The lowest BCUT2D eigenvalue weighted by Gasteiger charge is -2.11. The molecule has 0 bridgehead atoms. The number of methoxy groups -OCH3 is 2. The number of hydrogen-bond donors (Lipinski definition) is 1. The fourth-order valence-corrected chi connectivity index (χ4v) is 1.99. The van der Waals surface area contributed by atoms with E-state index in [9.17, 15) is 4.39 Å². The van der Waals surface area contributed by atoms with Crippen molar-refractivity contribution in [3.63, 3.8) is 0 Å². The summed E-state index contributed by atoms with van der Waals surface area (Å²) < 4.78 is 23.8. The highest BCUT2D eigenvalue weighted by Crippen LogP contribution is 2.36. The third kappa shape index (κ3) is 2.74. The van der Waals surface area contributed by atoms with Crippen LogP contribution in [0.15, 0.2) is 30.3 Å². The predicted molar refractivity (Wildman–Crippen MR) is 74.4 cm³/mol. The van der Waals surface area contributed by atoms with E-state index in [1.54, 1.807) is 32.4 Å². The van der Waals surface area contributed by atoms with Gasteiger partial charge < -0.3 is 15.2 Å². The molecule has 0 amide bonds. The molecule has 19 heavy (non-hydrogen) atoms. The summed E-state index contributed by atoms with van der Waals surface area (Å²) in [7, 11) is 3.08. The van der Waals surface area contributed by atoms with E-state index in [2.05, 4.69) is 0 Å². The molecule has 0 unspecified atom stereocenters. The zero-order valence-corrected chi connectivity index (χ0v) is 11.3. The Morgan fingerprint density at radius 2 is 1.58 bits per heavy atom. The minimum Gasteiger partial charge on any atom is -0.497 e. The monoisotopic (exact) mass is 281 g/mol. The molecule has 2 aromatic rings. The summed E-state index contributed by atoms with van der Waals surface area (Å²) in [4.78, 5) is 0. The fraction of sp³-hybridized carbons (Fsp3) is 0.143. The Morgan fingerprint density at radius 3 is 2.11 bits per heavy atom. The van der Waals surface area contributed by atoms with Gasteiger partial charge in [-0.1, -0.05) is 11.6 Å². The lowest BCUT2D eigenvalue weighted by Crippen LogP contribution is -1.95. The molecule has 0 fully saturated rings. The average molecular weight is 282 g/mol. The van der Waals surface area contributed by atoms with Crippen LogP contribution in [0.3, 0.4) is 0 Å². The number of benzene rings is 2. The summed E-state index contributed by atoms with van der Waals surface area (Å²) in [5.74, 6) is 0.735. The van der Waals surface area contributed by atoms with E-state index in [-0.39, 0.29) is 5.02 Å². The highest BCUT2D eigenvalue weighted by molar-refractivity contribution is 6.33. The Bertz CT molecular complexity index is 594. The smallest absolute Gasteiger partial charge is 0.125 e. The fourth-order valence-electron chi connectivity index (χ4n) is 1.79. The Kier molecular flexibility index (Phi) is 3.81. The zero-order valence-electron chi connectivity index (χ0n) is 10.5. The highest BCUT2D eigenvalue weighted by atomic mass is 35.5. The first kappa shape index (κ1) is 13.5. The molecule has 100 valence electrons. The summed E-state index contributed by atoms with van der Waals surface area (Å²) in [6.45, 7) is 0. The normalized spacial score (nSPS) is 10.3. The molecular weight excluding hydrogens is 269 g/mol. The summed E-state index contributed by atoms with van der Waals surface area (Å²) in [5.41, 5.74) is 7.38. The maximum atomic E-state index is 13.5. The quantitative estimate of drug-likeness (QED) is 0.872. The predicted octanol–water partition coefficient (Wildman–Crippen LogP) is 3.75. The van der Waals surface area contributed by atoms with Crippen LogP contribution >= 0.6 is 11.6 Å². The minimum absolute atomic E-state index is 0.178. The molecule has 0 spiro atoms. The Balaban J connectivity index is 2.64. The molecule has 0 aliphatic heterocycles. The van der Waals surface area contributed by atoms with Gasteiger partial charge in [-0.2, -0.15) is 0 Å². The molecule has 0 atom stereocenters. The first-order chi connectivity index (χ1) is 9.05. The third-order valence-corrected chi connectivity index (χ3v) is 3.07. The van der Waals surface area contributed by atoms with Crippen LogP contribution in [0.4, 0.5) is 10.1 Å². The van der Waals surface area contributed by atoms with Gasteiger partial charge in [-0.25, -0.2) is 4.39 Å². The van der Waals surface area contributed by atoms with E-state index >= 15 is 0 Å². The standard InChI is InChI=1S/C14H13ClFNO2/c1-18-10-3-8(4-11(7-10)19-2)12-5-9(16)6-13(15)14(12)17/h3-7H,17H2,1-2H3. The van der Waals surface area contributed by atoms with Crippen molar-refractivity contribution in [2.75, 3.05) is 20.0 Å². The molecular formula is C14H13ClFNO2. The lowest BCUT2D eigenvalue weighted by molar-refractivity contribution is 0.394. The van der Waals surface area contributed by atoms with Gasteiger partial charge in [0.2, 0.25) is 0 Å². The van der Waals surface area contributed by atoms with E-state index in [1.165, 1.54) is 12.1 Å². The number of halogens is 2. The number of nitrogens with two attached hydrogens (primary N) is 1. The van der Waals surface area contributed by atoms with Crippen molar-refractivity contribution < 1.29 is 13.9 Å². The van der Waals surface area contributed by atoms with Gasteiger partial charge >= 0.3 is 0 Å². The number of hydrogen-bond acceptors (Lipinski definition) is 3. The second kappa shape index (κ2) is 5.36. The maximum absolute atomic E-state index is 13.5. The molecule has 2 N–H and O–H groups in total. The van der Waals surface area contributed by atoms with Crippen LogP contribution in [0.1, 0.15) is 0 Å². The first-order valence-electron chi connectivity index (χ1n) is 5.53. The minimum atomic E-state index is -0.448. The number of nitrogen functional groups attached to an aromatic ring is 1. The SMILES string of the molecule is COc1cc(OC)cc(-c2cc(F)cc(Cl)c2N)c1. The number of anilines is 1. The van der Waals surface area contributed by atoms with Gasteiger partial charge in [0.05, 0.1) is 24.9 Å². The Labute approximate surface area is 115 Å². The van der Waals surface area contributed by atoms with Crippen molar-refractivity contribution in [1.82, 2.24) is 0 Å². The van der Waals surface area contributed by atoms with Crippen LogP contribution < -0.4 is 15.2 Å². The van der Waals surface area contributed by atoms with E-state index in [4.69, 9.17) is 26.8 Å².